The number of pyridine rings is 1. The van der Waals surface area contributed by atoms with Crippen LogP contribution in [0.2, 0.25) is 0 Å². The third-order valence-electron chi connectivity index (χ3n) is 4.72. The first-order valence-electron chi connectivity index (χ1n) is 8.06. The summed E-state index contributed by atoms with van der Waals surface area (Å²) in [5.41, 5.74) is 2.06. The highest BCUT2D eigenvalue weighted by Gasteiger charge is 2.47. The molecule has 1 amide bonds. The van der Waals surface area contributed by atoms with Crippen molar-refractivity contribution < 1.29 is 14.6 Å². The van der Waals surface area contributed by atoms with Crippen LogP contribution in [-0.2, 0) is 0 Å². The number of hydrogen-bond acceptors (Lipinski definition) is 5. The molecule has 2 heterocycles. The van der Waals surface area contributed by atoms with Gasteiger partial charge in [0, 0.05) is 18.3 Å². The van der Waals surface area contributed by atoms with Crippen molar-refractivity contribution in [2.75, 3.05) is 5.32 Å². The van der Waals surface area contributed by atoms with Gasteiger partial charge in [-0.1, -0.05) is 12.1 Å². The number of hydrogen-bond donors (Lipinski definition) is 3. The molecule has 0 saturated heterocycles. The first-order chi connectivity index (χ1) is 11.6. The lowest BCUT2D eigenvalue weighted by molar-refractivity contribution is 0.0852. The molecule has 1 aromatic heterocycles. The second-order valence-corrected chi connectivity index (χ2v) is 6.27. The Morgan fingerprint density at radius 1 is 1.33 bits per heavy atom. The predicted molar refractivity (Wildman–Crippen MR) is 89.1 cm³/mol. The van der Waals surface area contributed by atoms with Gasteiger partial charge in [0.25, 0.3) is 5.91 Å². The van der Waals surface area contributed by atoms with Crippen LogP contribution in [0.1, 0.15) is 22.5 Å². The average molecular weight is 325 g/mol. The van der Waals surface area contributed by atoms with E-state index in [0.717, 1.165) is 11.4 Å². The van der Waals surface area contributed by atoms with Crippen molar-refractivity contribution in [3.8, 4) is 5.75 Å². The molecule has 4 rings (SSSR count). The van der Waals surface area contributed by atoms with Crippen LogP contribution >= 0.6 is 0 Å². The molecule has 4 atom stereocenters. The molecule has 0 spiro atoms. The fraction of sp³-hybridized carbons (Fsp3) is 0.333. The first kappa shape index (κ1) is 15.0. The smallest absolute Gasteiger partial charge is 0.253 e. The fourth-order valence-corrected chi connectivity index (χ4v) is 3.45. The van der Waals surface area contributed by atoms with Crippen LogP contribution in [0.4, 0.5) is 5.69 Å². The van der Waals surface area contributed by atoms with Gasteiger partial charge >= 0.3 is 0 Å². The van der Waals surface area contributed by atoms with Gasteiger partial charge in [0.2, 0.25) is 0 Å². The highest BCUT2D eigenvalue weighted by atomic mass is 16.5. The molecule has 24 heavy (non-hydrogen) atoms. The molecule has 1 aromatic carbocycles. The number of benzene rings is 1. The highest BCUT2D eigenvalue weighted by molar-refractivity contribution is 5.95. The zero-order valence-electron chi connectivity index (χ0n) is 13.3. The average Bonchev–Trinajstić information content (AvgIpc) is 2.88. The topological polar surface area (TPSA) is 83.5 Å². The molecule has 1 aliphatic heterocycles. The number of amides is 1. The van der Waals surface area contributed by atoms with Gasteiger partial charge in [-0.3, -0.25) is 9.78 Å². The van der Waals surface area contributed by atoms with Gasteiger partial charge in [0.05, 0.1) is 29.4 Å². The van der Waals surface area contributed by atoms with E-state index in [1.165, 1.54) is 0 Å². The van der Waals surface area contributed by atoms with Crippen molar-refractivity contribution in [2.24, 2.45) is 0 Å². The third kappa shape index (κ3) is 2.49. The molecule has 2 aromatic rings. The number of nitrogens with one attached hydrogen (secondary N) is 2. The number of carbonyl (C=O) groups excluding carboxylic acids is 1. The maximum Gasteiger partial charge on any atom is 0.253 e. The van der Waals surface area contributed by atoms with E-state index in [0.29, 0.717) is 17.7 Å². The summed E-state index contributed by atoms with van der Waals surface area (Å²) in [6.07, 6.45) is 1.32. The number of rotatable bonds is 2. The summed E-state index contributed by atoms with van der Waals surface area (Å²) in [6, 6.07) is 10.5. The molecule has 6 nitrogen and oxygen atoms in total. The van der Waals surface area contributed by atoms with E-state index < -0.39 is 6.10 Å². The van der Waals surface area contributed by atoms with Crippen LogP contribution in [0.25, 0.3) is 0 Å². The van der Waals surface area contributed by atoms with Crippen LogP contribution in [0, 0.1) is 6.92 Å². The monoisotopic (exact) mass is 325 g/mol. The summed E-state index contributed by atoms with van der Waals surface area (Å²) in [4.78, 5) is 16.6. The van der Waals surface area contributed by atoms with E-state index >= 15 is 0 Å². The third-order valence-corrected chi connectivity index (χ3v) is 4.72. The second-order valence-electron chi connectivity index (χ2n) is 6.27. The number of para-hydroxylation sites is 2. The zero-order valence-corrected chi connectivity index (χ0v) is 13.3. The number of aliphatic hydroxyl groups excluding tert-OH is 1. The van der Waals surface area contributed by atoms with Crippen LogP contribution in [0.15, 0.2) is 42.6 Å². The Morgan fingerprint density at radius 3 is 3.00 bits per heavy atom. The molecule has 3 N–H and O–H groups in total. The zero-order chi connectivity index (χ0) is 16.7. The van der Waals surface area contributed by atoms with E-state index in [2.05, 4.69) is 15.6 Å². The summed E-state index contributed by atoms with van der Waals surface area (Å²) in [7, 11) is 0. The lowest BCUT2D eigenvalue weighted by atomic mass is 10.1. The molecule has 1 fully saturated rings. The lowest BCUT2D eigenvalue weighted by Crippen LogP contribution is -2.47. The molecule has 0 bridgehead atoms. The number of fused-ring (bicyclic) bond motifs is 2. The number of ether oxygens (including phenoxy) is 1. The van der Waals surface area contributed by atoms with Crippen molar-refractivity contribution in [1.82, 2.24) is 10.3 Å². The Morgan fingerprint density at radius 2 is 2.17 bits per heavy atom. The number of aliphatic hydroxyl groups is 1. The Bertz CT molecular complexity index is 780. The van der Waals surface area contributed by atoms with Gasteiger partial charge in [0.15, 0.2) is 0 Å². The minimum absolute atomic E-state index is 0.171. The minimum atomic E-state index is -0.718. The van der Waals surface area contributed by atoms with Gasteiger partial charge in [0.1, 0.15) is 11.9 Å². The lowest BCUT2D eigenvalue weighted by Gasteiger charge is -2.31. The van der Waals surface area contributed by atoms with E-state index in [4.69, 9.17) is 4.74 Å². The van der Waals surface area contributed by atoms with E-state index in [-0.39, 0.29) is 24.1 Å². The number of nitrogens with zero attached hydrogens (tertiary/aromatic N) is 1. The van der Waals surface area contributed by atoms with Gasteiger partial charge in [-0.15, -0.1) is 0 Å². The first-order valence-corrected chi connectivity index (χ1v) is 8.06. The molecule has 1 aliphatic carbocycles. The maximum atomic E-state index is 12.5. The maximum absolute atomic E-state index is 12.5. The van der Waals surface area contributed by atoms with Crippen molar-refractivity contribution in [1.29, 1.82) is 0 Å². The summed E-state index contributed by atoms with van der Waals surface area (Å²) in [5.74, 6) is 0.557. The number of carbonyl (C=O) groups is 1. The molecule has 2 aliphatic rings. The number of aromatic nitrogens is 1. The van der Waals surface area contributed by atoms with Crippen molar-refractivity contribution in [3.63, 3.8) is 0 Å². The van der Waals surface area contributed by atoms with Crippen LogP contribution in [-0.4, -0.2) is 40.3 Å². The van der Waals surface area contributed by atoms with Crippen LogP contribution in [0.5, 0.6) is 5.75 Å². The minimum Gasteiger partial charge on any atom is -0.486 e. The van der Waals surface area contributed by atoms with E-state index in [1.807, 2.05) is 24.3 Å². The highest BCUT2D eigenvalue weighted by Crippen LogP contribution is 2.37. The van der Waals surface area contributed by atoms with Crippen molar-refractivity contribution in [3.05, 3.63) is 53.9 Å². The van der Waals surface area contributed by atoms with Gasteiger partial charge < -0.3 is 20.5 Å². The van der Waals surface area contributed by atoms with Gasteiger partial charge in [-0.25, -0.2) is 0 Å². The van der Waals surface area contributed by atoms with E-state index in [9.17, 15) is 9.90 Å². The Kier molecular flexibility index (Phi) is 3.61. The van der Waals surface area contributed by atoms with Crippen molar-refractivity contribution in [2.45, 2.75) is 37.6 Å². The molecule has 6 heteroatoms. The molecule has 0 radical (unpaired) electrons. The quantitative estimate of drug-likeness (QED) is 0.779. The molecular weight excluding hydrogens is 306 g/mol. The van der Waals surface area contributed by atoms with Gasteiger partial charge in [-0.2, -0.15) is 0 Å². The van der Waals surface area contributed by atoms with Gasteiger partial charge in [-0.05, 0) is 31.2 Å². The molecule has 124 valence electrons. The molecular formula is C18H19N3O3. The van der Waals surface area contributed by atoms with E-state index in [1.54, 1.807) is 25.3 Å². The summed E-state index contributed by atoms with van der Waals surface area (Å²) >= 11 is 0. The largest absolute Gasteiger partial charge is 0.486 e. The van der Waals surface area contributed by atoms with Crippen LogP contribution in [0.3, 0.4) is 0 Å². The van der Waals surface area contributed by atoms with Crippen LogP contribution < -0.4 is 15.4 Å². The number of aryl methyl sites for hydroxylation is 1. The Hall–Kier alpha value is -2.60. The Balaban J connectivity index is 1.50. The Labute approximate surface area is 139 Å². The molecule has 0 unspecified atom stereocenters. The second kappa shape index (κ2) is 5.79. The number of anilines is 1. The summed E-state index contributed by atoms with van der Waals surface area (Å²) in [5, 5.41) is 16.8. The standard InChI is InChI=1S/C18H19N3O3/c1-10-11(5-4-8-19-10)18(23)21-13-9-15-16(17(13)22)20-12-6-2-3-7-14(12)24-15/h2-8,13,15-17,20,22H,9H2,1H3,(H,21,23)/t13-,15-,16-,17-/m1/s1. The fourth-order valence-electron chi connectivity index (χ4n) is 3.45. The summed E-state index contributed by atoms with van der Waals surface area (Å²) in [6.45, 7) is 1.79. The predicted octanol–water partition coefficient (Wildman–Crippen LogP) is 1.49. The SMILES string of the molecule is Cc1ncccc1C(=O)N[C@@H]1C[C@H]2Oc3ccccc3N[C@H]2[C@@H]1O. The summed E-state index contributed by atoms with van der Waals surface area (Å²) < 4.78 is 5.98. The molecule has 1 saturated carbocycles. The van der Waals surface area contributed by atoms with Crippen molar-refractivity contribution >= 4 is 11.6 Å². The normalized spacial score (nSPS) is 27.4.